The Hall–Kier alpha value is -2.62. The van der Waals surface area contributed by atoms with Crippen molar-refractivity contribution in [2.45, 2.75) is 38.6 Å². The lowest BCUT2D eigenvalue weighted by molar-refractivity contribution is -0.129. The Labute approximate surface area is 160 Å². The van der Waals surface area contributed by atoms with E-state index in [4.69, 9.17) is 0 Å². The monoisotopic (exact) mass is 362 g/mol. The Morgan fingerprint density at radius 2 is 1.56 bits per heavy atom. The molecule has 0 radical (unpaired) electrons. The van der Waals surface area contributed by atoms with Crippen molar-refractivity contribution in [1.29, 1.82) is 0 Å². The third-order valence-electron chi connectivity index (χ3n) is 5.44. The molecule has 0 unspecified atom stereocenters. The molecule has 4 heteroatoms. The molecule has 0 N–H and O–H groups in total. The van der Waals surface area contributed by atoms with Crippen molar-refractivity contribution in [2.24, 2.45) is 5.92 Å². The summed E-state index contributed by atoms with van der Waals surface area (Å²) in [7, 11) is 0. The standard InChI is InChI=1S/C23H26N2O2/c26-22(24-14-4-5-15-24)16-18-8-12-21(13-9-18)25(23(27)20-10-11-20)17-19-6-2-1-3-7-19/h1-3,6-9,12-13,20H,4-5,10-11,14-17H2. The maximum absolute atomic E-state index is 12.8. The van der Waals surface area contributed by atoms with Crippen molar-refractivity contribution in [1.82, 2.24) is 4.90 Å². The van der Waals surface area contributed by atoms with E-state index in [9.17, 15) is 9.59 Å². The zero-order valence-electron chi connectivity index (χ0n) is 15.6. The number of carbonyl (C=O) groups is 2. The molecule has 1 aliphatic carbocycles. The van der Waals surface area contributed by atoms with Crippen molar-refractivity contribution in [3.8, 4) is 0 Å². The van der Waals surface area contributed by atoms with Gasteiger partial charge in [-0.05, 0) is 48.9 Å². The Morgan fingerprint density at radius 1 is 0.889 bits per heavy atom. The fraction of sp³-hybridized carbons (Fsp3) is 0.391. The minimum Gasteiger partial charge on any atom is -0.342 e. The van der Waals surface area contributed by atoms with Crippen molar-refractivity contribution in [2.75, 3.05) is 18.0 Å². The van der Waals surface area contributed by atoms with Gasteiger partial charge in [-0.15, -0.1) is 0 Å². The van der Waals surface area contributed by atoms with Crippen LogP contribution in [0.5, 0.6) is 0 Å². The Morgan fingerprint density at radius 3 is 2.19 bits per heavy atom. The number of hydrogen-bond acceptors (Lipinski definition) is 2. The molecule has 140 valence electrons. The quantitative estimate of drug-likeness (QED) is 0.784. The van der Waals surface area contributed by atoms with E-state index < -0.39 is 0 Å². The number of benzene rings is 2. The zero-order valence-corrected chi connectivity index (χ0v) is 15.6. The first-order valence-electron chi connectivity index (χ1n) is 9.93. The Bertz CT molecular complexity index is 791. The van der Waals surface area contributed by atoms with E-state index >= 15 is 0 Å². The molecule has 1 aliphatic heterocycles. The van der Waals surface area contributed by atoms with Gasteiger partial charge >= 0.3 is 0 Å². The van der Waals surface area contributed by atoms with Crippen LogP contribution in [0.15, 0.2) is 54.6 Å². The number of likely N-dealkylation sites (tertiary alicyclic amines) is 1. The Balaban J connectivity index is 1.48. The molecule has 0 aromatic heterocycles. The molecule has 4 nitrogen and oxygen atoms in total. The van der Waals surface area contributed by atoms with Crippen molar-refractivity contribution in [3.05, 3.63) is 65.7 Å². The number of nitrogens with zero attached hydrogens (tertiary/aromatic N) is 2. The van der Waals surface area contributed by atoms with Gasteiger partial charge in [0.1, 0.15) is 0 Å². The molecular weight excluding hydrogens is 336 g/mol. The van der Waals surface area contributed by atoms with E-state index in [1.807, 2.05) is 52.3 Å². The summed E-state index contributed by atoms with van der Waals surface area (Å²) >= 11 is 0. The summed E-state index contributed by atoms with van der Waals surface area (Å²) in [5.74, 6) is 0.584. The molecule has 4 rings (SSSR count). The molecule has 0 bridgehead atoms. The van der Waals surface area contributed by atoms with E-state index in [0.29, 0.717) is 13.0 Å². The van der Waals surface area contributed by atoms with Gasteiger partial charge < -0.3 is 9.80 Å². The van der Waals surface area contributed by atoms with Gasteiger partial charge in [0, 0.05) is 24.7 Å². The Kier molecular flexibility index (Phi) is 5.23. The SMILES string of the molecule is O=C(Cc1ccc(N(Cc2ccccc2)C(=O)C2CC2)cc1)N1CCCC1. The second kappa shape index (κ2) is 7.95. The van der Waals surface area contributed by atoms with Crippen LogP contribution in [0, 0.1) is 5.92 Å². The van der Waals surface area contributed by atoms with Crippen LogP contribution in [-0.4, -0.2) is 29.8 Å². The lowest BCUT2D eigenvalue weighted by Crippen LogP contribution is -2.31. The molecule has 2 aromatic rings. The van der Waals surface area contributed by atoms with Crippen LogP contribution >= 0.6 is 0 Å². The summed E-state index contributed by atoms with van der Waals surface area (Å²) in [4.78, 5) is 29.0. The first kappa shape index (κ1) is 17.8. The second-order valence-electron chi connectivity index (χ2n) is 7.62. The third kappa shape index (κ3) is 4.38. The van der Waals surface area contributed by atoms with E-state index in [-0.39, 0.29) is 17.7 Å². The van der Waals surface area contributed by atoms with Crippen molar-refractivity contribution < 1.29 is 9.59 Å². The van der Waals surface area contributed by atoms with Gasteiger partial charge in [-0.3, -0.25) is 9.59 Å². The van der Waals surface area contributed by atoms with E-state index in [2.05, 4.69) is 12.1 Å². The normalized spacial score (nSPS) is 16.4. The molecule has 1 saturated carbocycles. The van der Waals surface area contributed by atoms with Crippen LogP contribution in [0.4, 0.5) is 5.69 Å². The summed E-state index contributed by atoms with van der Waals surface area (Å²) in [6, 6.07) is 18.0. The summed E-state index contributed by atoms with van der Waals surface area (Å²) in [5.41, 5.74) is 3.04. The molecule has 1 saturated heterocycles. The van der Waals surface area contributed by atoms with Crippen LogP contribution in [-0.2, 0) is 22.6 Å². The lowest BCUT2D eigenvalue weighted by Gasteiger charge is -2.23. The summed E-state index contributed by atoms with van der Waals surface area (Å²) in [6.45, 7) is 2.36. The molecule has 2 aliphatic rings. The fourth-order valence-electron chi connectivity index (χ4n) is 3.66. The second-order valence-corrected chi connectivity index (χ2v) is 7.62. The van der Waals surface area contributed by atoms with Crippen LogP contribution < -0.4 is 4.90 Å². The summed E-state index contributed by atoms with van der Waals surface area (Å²) in [6.07, 6.45) is 4.65. The van der Waals surface area contributed by atoms with E-state index in [1.54, 1.807) is 0 Å². The number of anilines is 1. The van der Waals surface area contributed by atoms with Crippen LogP contribution in [0.25, 0.3) is 0 Å². The number of amides is 2. The molecule has 2 aromatic carbocycles. The topological polar surface area (TPSA) is 40.6 Å². The molecule has 1 heterocycles. The number of hydrogen-bond donors (Lipinski definition) is 0. The van der Waals surface area contributed by atoms with Crippen LogP contribution in [0.2, 0.25) is 0 Å². The first-order valence-corrected chi connectivity index (χ1v) is 9.93. The predicted octanol–water partition coefficient (Wildman–Crippen LogP) is 3.79. The van der Waals surface area contributed by atoms with E-state index in [0.717, 1.165) is 55.6 Å². The zero-order chi connectivity index (χ0) is 18.6. The number of carbonyl (C=O) groups excluding carboxylic acids is 2. The van der Waals surface area contributed by atoms with Gasteiger partial charge in [0.25, 0.3) is 0 Å². The molecule has 0 spiro atoms. The van der Waals surface area contributed by atoms with Crippen LogP contribution in [0.3, 0.4) is 0 Å². The third-order valence-corrected chi connectivity index (χ3v) is 5.44. The maximum Gasteiger partial charge on any atom is 0.230 e. The van der Waals surface area contributed by atoms with Crippen molar-refractivity contribution >= 4 is 17.5 Å². The van der Waals surface area contributed by atoms with Gasteiger partial charge in [-0.2, -0.15) is 0 Å². The van der Waals surface area contributed by atoms with Crippen LogP contribution in [0.1, 0.15) is 36.8 Å². The fourth-order valence-corrected chi connectivity index (χ4v) is 3.66. The molecule has 27 heavy (non-hydrogen) atoms. The highest BCUT2D eigenvalue weighted by Crippen LogP contribution is 2.33. The first-order chi connectivity index (χ1) is 13.2. The van der Waals surface area contributed by atoms with Gasteiger partial charge in [-0.1, -0.05) is 42.5 Å². The largest absolute Gasteiger partial charge is 0.342 e. The molecular formula is C23H26N2O2. The highest BCUT2D eigenvalue weighted by molar-refractivity contribution is 5.96. The predicted molar refractivity (Wildman–Crippen MR) is 106 cm³/mol. The van der Waals surface area contributed by atoms with Gasteiger partial charge in [0.05, 0.1) is 13.0 Å². The molecule has 2 fully saturated rings. The van der Waals surface area contributed by atoms with E-state index in [1.165, 1.54) is 0 Å². The summed E-state index contributed by atoms with van der Waals surface area (Å²) in [5, 5.41) is 0. The maximum atomic E-state index is 12.8. The van der Waals surface area contributed by atoms with Gasteiger partial charge in [0.2, 0.25) is 11.8 Å². The average molecular weight is 362 g/mol. The molecule has 2 amide bonds. The highest BCUT2D eigenvalue weighted by atomic mass is 16.2. The van der Waals surface area contributed by atoms with Gasteiger partial charge in [-0.25, -0.2) is 0 Å². The van der Waals surface area contributed by atoms with Crippen molar-refractivity contribution in [3.63, 3.8) is 0 Å². The minimum atomic E-state index is 0.171. The smallest absolute Gasteiger partial charge is 0.230 e. The molecule has 0 atom stereocenters. The number of rotatable bonds is 6. The summed E-state index contributed by atoms with van der Waals surface area (Å²) < 4.78 is 0. The van der Waals surface area contributed by atoms with Gasteiger partial charge in [0.15, 0.2) is 0 Å². The minimum absolute atomic E-state index is 0.171. The highest BCUT2D eigenvalue weighted by Gasteiger charge is 2.34. The average Bonchev–Trinajstić information content (AvgIpc) is 3.41. The lowest BCUT2D eigenvalue weighted by atomic mass is 10.1.